The van der Waals surface area contributed by atoms with E-state index in [1.807, 2.05) is 29.6 Å². The number of hydrogen-bond donors (Lipinski definition) is 2. The number of thiophene rings is 1. The Morgan fingerprint density at radius 2 is 1.80 bits per heavy atom. The number of benzene rings is 1. The molecule has 0 spiro atoms. The van der Waals surface area contributed by atoms with Crippen molar-refractivity contribution in [1.29, 1.82) is 0 Å². The SMILES string of the molecule is O=C(Nc1ccc(Nc2ccc3c(c2)OCCO3)nn1)c1cccs1. The van der Waals surface area contributed by atoms with Crippen LogP contribution in [0.2, 0.25) is 0 Å². The van der Waals surface area contributed by atoms with Gasteiger partial charge in [0.1, 0.15) is 13.2 Å². The number of hydrogen-bond acceptors (Lipinski definition) is 7. The number of anilines is 3. The quantitative estimate of drug-likeness (QED) is 0.748. The first-order valence-electron chi connectivity index (χ1n) is 7.63. The zero-order valence-electron chi connectivity index (χ0n) is 13.1. The first-order valence-corrected chi connectivity index (χ1v) is 8.51. The number of rotatable bonds is 4. The van der Waals surface area contributed by atoms with E-state index in [4.69, 9.17) is 9.47 Å². The average Bonchev–Trinajstić information content (AvgIpc) is 3.18. The van der Waals surface area contributed by atoms with Crippen molar-refractivity contribution in [3.05, 3.63) is 52.7 Å². The van der Waals surface area contributed by atoms with Crippen molar-refractivity contribution < 1.29 is 14.3 Å². The molecule has 8 heteroatoms. The van der Waals surface area contributed by atoms with Crippen LogP contribution in [0.5, 0.6) is 11.5 Å². The number of carbonyl (C=O) groups is 1. The van der Waals surface area contributed by atoms with Crippen LogP contribution < -0.4 is 20.1 Å². The van der Waals surface area contributed by atoms with Crippen LogP contribution in [0.15, 0.2) is 47.8 Å². The average molecular weight is 354 g/mol. The van der Waals surface area contributed by atoms with Gasteiger partial charge in [-0.1, -0.05) is 6.07 Å². The molecule has 0 aliphatic carbocycles. The minimum Gasteiger partial charge on any atom is -0.486 e. The summed E-state index contributed by atoms with van der Waals surface area (Å²) in [5.74, 6) is 2.19. The van der Waals surface area contributed by atoms with Crippen LogP contribution in [-0.4, -0.2) is 29.3 Å². The zero-order chi connectivity index (χ0) is 17.1. The van der Waals surface area contributed by atoms with Crippen molar-refractivity contribution >= 4 is 34.6 Å². The van der Waals surface area contributed by atoms with Gasteiger partial charge in [0.2, 0.25) is 0 Å². The van der Waals surface area contributed by atoms with E-state index in [2.05, 4.69) is 20.8 Å². The molecule has 2 N–H and O–H groups in total. The molecule has 0 atom stereocenters. The Labute approximate surface area is 147 Å². The van der Waals surface area contributed by atoms with Gasteiger partial charge in [0, 0.05) is 11.8 Å². The summed E-state index contributed by atoms with van der Waals surface area (Å²) in [6, 6.07) is 12.6. The van der Waals surface area contributed by atoms with Crippen molar-refractivity contribution in [1.82, 2.24) is 10.2 Å². The predicted molar refractivity (Wildman–Crippen MR) is 95.0 cm³/mol. The van der Waals surface area contributed by atoms with Crippen molar-refractivity contribution in [3.63, 3.8) is 0 Å². The Bertz CT molecular complexity index is 881. The first kappa shape index (κ1) is 15.4. The summed E-state index contributed by atoms with van der Waals surface area (Å²) >= 11 is 1.37. The number of nitrogens with zero attached hydrogens (tertiary/aromatic N) is 2. The molecule has 0 radical (unpaired) electrons. The van der Waals surface area contributed by atoms with Gasteiger partial charge >= 0.3 is 0 Å². The Morgan fingerprint density at radius 1 is 1.00 bits per heavy atom. The van der Waals surface area contributed by atoms with E-state index >= 15 is 0 Å². The fraction of sp³-hybridized carbons (Fsp3) is 0.118. The van der Waals surface area contributed by atoms with Gasteiger partial charge in [-0.25, -0.2) is 0 Å². The Balaban J connectivity index is 1.43. The smallest absolute Gasteiger partial charge is 0.266 e. The molecule has 1 aliphatic rings. The number of fused-ring (bicyclic) bond motifs is 1. The van der Waals surface area contributed by atoms with Crippen LogP contribution >= 0.6 is 11.3 Å². The second kappa shape index (κ2) is 6.78. The molecule has 1 aromatic carbocycles. The van der Waals surface area contributed by atoms with Gasteiger partial charge in [0.05, 0.1) is 4.88 Å². The van der Waals surface area contributed by atoms with Gasteiger partial charge in [-0.2, -0.15) is 0 Å². The molecule has 3 aromatic rings. The summed E-state index contributed by atoms with van der Waals surface area (Å²) in [4.78, 5) is 12.6. The van der Waals surface area contributed by atoms with Crippen LogP contribution in [0.3, 0.4) is 0 Å². The van der Waals surface area contributed by atoms with E-state index in [9.17, 15) is 4.79 Å². The Hall–Kier alpha value is -3.13. The molecule has 0 saturated heterocycles. The third-order valence-corrected chi connectivity index (χ3v) is 4.33. The molecule has 25 heavy (non-hydrogen) atoms. The number of amides is 1. The highest BCUT2D eigenvalue weighted by Crippen LogP contribution is 2.33. The van der Waals surface area contributed by atoms with Gasteiger partial charge in [-0.15, -0.1) is 21.5 Å². The molecule has 0 unspecified atom stereocenters. The van der Waals surface area contributed by atoms with Crippen LogP contribution in [0.4, 0.5) is 17.3 Å². The molecule has 0 saturated carbocycles. The second-order valence-corrected chi connectivity index (χ2v) is 6.17. The molecule has 1 amide bonds. The molecule has 7 nitrogen and oxygen atoms in total. The van der Waals surface area contributed by atoms with E-state index in [-0.39, 0.29) is 5.91 Å². The maximum absolute atomic E-state index is 12.0. The van der Waals surface area contributed by atoms with Gasteiger partial charge < -0.3 is 20.1 Å². The second-order valence-electron chi connectivity index (χ2n) is 5.22. The van der Waals surface area contributed by atoms with Crippen molar-refractivity contribution in [2.75, 3.05) is 23.8 Å². The molecule has 2 aromatic heterocycles. The lowest BCUT2D eigenvalue weighted by atomic mass is 10.2. The first-order chi connectivity index (χ1) is 12.3. The van der Waals surface area contributed by atoms with Crippen molar-refractivity contribution in [2.24, 2.45) is 0 Å². The lowest BCUT2D eigenvalue weighted by Gasteiger charge is -2.19. The highest BCUT2D eigenvalue weighted by Gasteiger charge is 2.12. The number of nitrogens with one attached hydrogen (secondary N) is 2. The number of carbonyl (C=O) groups excluding carboxylic acids is 1. The maximum Gasteiger partial charge on any atom is 0.266 e. The third kappa shape index (κ3) is 3.53. The molecule has 0 fully saturated rings. The molecular formula is C17H14N4O3S. The lowest BCUT2D eigenvalue weighted by molar-refractivity contribution is 0.103. The fourth-order valence-corrected chi connectivity index (χ4v) is 2.94. The molecular weight excluding hydrogens is 340 g/mol. The van der Waals surface area contributed by atoms with Crippen LogP contribution in [0.25, 0.3) is 0 Å². The van der Waals surface area contributed by atoms with Crippen LogP contribution in [0, 0.1) is 0 Å². The van der Waals surface area contributed by atoms with Gasteiger partial charge in [0.25, 0.3) is 5.91 Å². The van der Waals surface area contributed by atoms with Crippen LogP contribution in [0.1, 0.15) is 9.67 Å². The van der Waals surface area contributed by atoms with Crippen molar-refractivity contribution in [2.45, 2.75) is 0 Å². The molecule has 4 rings (SSSR count). The standard InChI is InChI=1S/C17H14N4O3S/c22-17(14-2-1-9-25-14)19-16-6-5-15(20-21-16)18-11-3-4-12-13(10-11)24-8-7-23-12/h1-6,9-10H,7-8H2,(H,18,20)(H,19,21,22). The maximum atomic E-state index is 12.0. The zero-order valence-corrected chi connectivity index (χ0v) is 13.9. The lowest BCUT2D eigenvalue weighted by Crippen LogP contribution is -2.15. The molecule has 0 bridgehead atoms. The summed E-state index contributed by atoms with van der Waals surface area (Å²) in [5, 5.41) is 15.8. The van der Waals surface area contributed by atoms with Crippen molar-refractivity contribution in [3.8, 4) is 11.5 Å². The minimum absolute atomic E-state index is 0.197. The Kier molecular flexibility index (Phi) is 4.17. The molecule has 1 aliphatic heterocycles. The summed E-state index contributed by atoms with van der Waals surface area (Å²) in [7, 11) is 0. The minimum atomic E-state index is -0.197. The Morgan fingerprint density at radius 3 is 2.56 bits per heavy atom. The monoisotopic (exact) mass is 354 g/mol. The predicted octanol–water partition coefficient (Wildman–Crippen LogP) is 3.31. The topological polar surface area (TPSA) is 85.4 Å². The van der Waals surface area contributed by atoms with E-state index in [0.717, 1.165) is 11.4 Å². The summed E-state index contributed by atoms with van der Waals surface area (Å²) in [6.45, 7) is 1.10. The molecule has 3 heterocycles. The highest BCUT2D eigenvalue weighted by atomic mass is 32.1. The number of aromatic nitrogens is 2. The van der Waals surface area contributed by atoms with E-state index in [1.54, 1.807) is 18.2 Å². The largest absolute Gasteiger partial charge is 0.486 e. The van der Waals surface area contributed by atoms with Gasteiger partial charge in [0.15, 0.2) is 23.1 Å². The van der Waals surface area contributed by atoms with Gasteiger partial charge in [-0.05, 0) is 35.7 Å². The summed E-state index contributed by atoms with van der Waals surface area (Å²) in [6.07, 6.45) is 0. The third-order valence-electron chi connectivity index (χ3n) is 3.47. The normalized spacial score (nSPS) is 12.5. The van der Waals surface area contributed by atoms with E-state index < -0.39 is 0 Å². The highest BCUT2D eigenvalue weighted by molar-refractivity contribution is 7.12. The summed E-state index contributed by atoms with van der Waals surface area (Å²) < 4.78 is 11.0. The van der Waals surface area contributed by atoms with E-state index in [1.165, 1.54) is 11.3 Å². The molecule has 126 valence electrons. The fourth-order valence-electron chi connectivity index (χ4n) is 2.32. The van der Waals surface area contributed by atoms with E-state index in [0.29, 0.717) is 35.5 Å². The number of ether oxygens (including phenoxy) is 2. The summed E-state index contributed by atoms with van der Waals surface area (Å²) in [5.41, 5.74) is 0.814. The van der Waals surface area contributed by atoms with Gasteiger partial charge in [-0.3, -0.25) is 4.79 Å². The van der Waals surface area contributed by atoms with Crippen LogP contribution in [-0.2, 0) is 0 Å².